The van der Waals surface area contributed by atoms with Gasteiger partial charge in [0, 0.05) is 6.42 Å². The van der Waals surface area contributed by atoms with Crippen LogP contribution in [0.15, 0.2) is 72.9 Å². The Kier molecular flexibility index (Phi) is 17.1. The Labute approximate surface area is 162 Å². The van der Waals surface area contributed by atoms with Gasteiger partial charge in [-0.25, -0.2) is 9.68 Å². The number of aliphatic hydroxyl groups excluding tert-OH is 1. The van der Waals surface area contributed by atoms with E-state index >= 15 is 0 Å². The molecule has 0 radical (unpaired) electrons. The van der Waals surface area contributed by atoms with Crippen molar-refractivity contribution in [2.75, 3.05) is 0 Å². The Balaban J connectivity index is 3.78. The number of carboxylic acids is 1. The Morgan fingerprint density at radius 1 is 0.852 bits per heavy atom. The van der Waals surface area contributed by atoms with Crippen molar-refractivity contribution in [2.24, 2.45) is 0 Å². The molecule has 0 aliphatic rings. The maximum Gasteiger partial charge on any atom is 0.336 e. The van der Waals surface area contributed by atoms with E-state index in [0.29, 0.717) is 12.8 Å². The molecule has 0 saturated carbocycles. The van der Waals surface area contributed by atoms with Crippen LogP contribution >= 0.6 is 0 Å². The molecule has 0 aliphatic carbocycles. The van der Waals surface area contributed by atoms with Gasteiger partial charge in [-0.05, 0) is 32.1 Å². The lowest BCUT2D eigenvalue weighted by molar-refractivity contribution is -0.275. The van der Waals surface area contributed by atoms with Gasteiger partial charge in [-0.3, -0.25) is 5.26 Å². The highest BCUT2D eigenvalue weighted by Gasteiger charge is 2.15. The van der Waals surface area contributed by atoms with Crippen LogP contribution in [0.25, 0.3) is 0 Å². The summed E-state index contributed by atoms with van der Waals surface area (Å²) in [5.41, 5.74) is 0. The molecule has 0 aromatic carbocycles. The average molecular weight is 376 g/mol. The second-order valence-electron chi connectivity index (χ2n) is 5.79. The zero-order valence-corrected chi connectivity index (χ0v) is 16.0. The molecule has 0 bridgehead atoms. The van der Waals surface area contributed by atoms with E-state index in [1.807, 2.05) is 48.6 Å². The van der Waals surface area contributed by atoms with Crippen molar-refractivity contribution in [3.63, 3.8) is 0 Å². The predicted octanol–water partition coefficient (Wildman–Crippen LogP) is 4.99. The van der Waals surface area contributed by atoms with Gasteiger partial charge in [-0.2, -0.15) is 0 Å². The fourth-order valence-corrected chi connectivity index (χ4v) is 1.96. The molecule has 150 valence electrons. The highest BCUT2D eigenvalue weighted by molar-refractivity contribution is 5.72. The van der Waals surface area contributed by atoms with Gasteiger partial charge in [0.1, 0.15) is 0 Å². The van der Waals surface area contributed by atoms with Crippen molar-refractivity contribution < 1.29 is 25.2 Å². The van der Waals surface area contributed by atoms with E-state index in [1.54, 1.807) is 12.2 Å². The van der Waals surface area contributed by atoms with Gasteiger partial charge in [0.2, 0.25) is 0 Å². The molecule has 5 heteroatoms. The first kappa shape index (κ1) is 24.8. The summed E-state index contributed by atoms with van der Waals surface area (Å²) in [6, 6.07) is 0. The molecule has 0 aromatic rings. The molecule has 0 aromatic heterocycles. The number of aliphatic hydroxyl groups is 1. The minimum Gasteiger partial charge on any atom is -0.479 e. The van der Waals surface area contributed by atoms with Crippen LogP contribution in [0.1, 0.15) is 45.4 Å². The smallest absolute Gasteiger partial charge is 0.336 e. The number of carboxylic acid groups (broad SMARTS) is 1. The molecule has 0 amide bonds. The van der Waals surface area contributed by atoms with Crippen LogP contribution in [-0.4, -0.2) is 33.6 Å². The number of hydrogen-bond donors (Lipinski definition) is 3. The van der Waals surface area contributed by atoms with E-state index in [-0.39, 0.29) is 6.42 Å². The van der Waals surface area contributed by atoms with Gasteiger partial charge in [-0.15, -0.1) is 0 Å². The maximum absolute atomic E-state index is 10.6. The minimum atomic E-state index is -1.21. The first-order chi connectivity index (χ1) is 13.1. The third-order valence-corrected chi connectivity index (χ3v) is 3.43. The average Bonchev–Trinajstić information content (AvgIpc) is 2.65. The first-order valence-electron chi connectivity index (χ1n) is 9.26. The molecule has 1 unspecified atom stereocenters. The Morgan fingerprint density at radius 3 is 1.96 bits per heavy atom. The molecule has 0 fully saturated rings. The van der Waals surface area contributed by atoms with E-state index in [9.17, 15) is 9.90 Å². The highest BCUT2D eigenvalue weighted by Crippen LogP contribution is 2.00. The van der Waals surface area contributed by atoms with E-state index in [0.717, 1.165) is 19.3 Å². The summed E-state index contributed by atoms with van der Waals surface area (Å²) in [6.45, 7) is 2.07. The van der Waals surface area contributed by atoms with Crippen molar-refractivity contribution in [2.45, 2.75) is 57.7 Å². The van der Waals surface area contributed by atoms with Crippen LogP contribution < -0.4 is 0 Å². The molecular weight excluding hydrogens is 344 g/mol. The van der Waals surface area contributed by atoms with Crippen LogP contribution in [0.2, 0.25) is 0 Å². The second kappa shape index (κ2) is 18.6. The maximum atomic E-state index is 10.6. The Hall–Kier alpha value is -2.21. The van der Waals surface area contributed by atoms with Crippen molar-refractivity contribution in [3.05, 3.63) is 72.9 Å². The monoisotopic (exact) mass is 376 g/mol. The Bertz CT molecular complexity index is 541. The summed E-state index contributed by atoms with van der Waals surface area (Å²) in [5.74, 6) is -1.19. The third kappa shape index (κ3) is 17.0. The van der Waals surface area contributed by atoms with Crippen molar-refractivity contribution in [1.29, 1.82) is 0 Å². The van der Waals surface area contributed by atoms with Gasteiger partial charge in [0.15, 0.2) is 6.10 Å². The predicted molar refractivity (Wildman–Crippen MR) is 109 cm³/mol. The summed E-state index contributed by atoms with van der Waals surface area (Å²) < 4.78 is 0. The number of aliphatic carboxylic acids is 1. The van der Waals surface area contributed by atoms with Crippen molar-refractivity contribution in [3.8, 4) is 0 Å². The molecule has 27 heavy (non-hydrogen) atoms. The molecule has 0 aliphatic heterocycles. The van der Waals surface area contributed by atoms with Gasteiger partial charge in [0.05, 0.1) is 6.10 Å². The lowest BCUT2D eigenvalue weighted by Gasteiger charge is -2.03. The van der Waals surface area contributed by atoms with Crippen LogP contribution in [0, 0.1) is 0 Å². The molecule has 2 atom stereocenters. The van der Waals surface area contributed by atoms with Crippen molar-refractivity contribution >= 4 is 5.97 Å². The molecule has 0 spiro atoms. The highest BCUT2D eigenvalue weighted by atomic mass is 17.1. The summed E-state index contributed by atoms with van der Waals surface area (Å²) >= 11 is 0. The molecule has 3 N–H and O–H groups in total. The van der Waals surface area contributed by atoms with Crippen molar-refractivity contribution in [1.82, 2.24) is 0 Å². The third-order valence-electron chi connectivity index (χ3n) is 3.43. The second-order valence-corrected chi connectivity index (χ2v) is 5.79. The minimum absolute atomic E-state index is 0.132. The van der Waals surface area contributed by atoms with Gasteiger partial charge < -0.3 is 10.2 Å². The van der Waals surface area contributed by atoms with E-state index in [4.69, 9.17) is 10.4 Å². The number of carbonyl (C=O) groups is 1. The Morgan fingerprint density at radius 2 is 1.41 bits per heavy atom. The molecule has 5 nitrogen and oxygen atoms in total. The molecule has 0 saturated heterocycles. The number of hydrogen-bond acceptors (Lipinski definition) is 4. The molecular formula is C22H32O5. The summed E-state index contributed by atoms with van der Waals surface area (Å²) in [6.07, 6.45) is 25.8. The zero-order valence-electron chi connectivity index (χ0n) is 16.0. The summed E-state index contributed by atoms with van der Waals surface area (Å²) in [7, 11) is 0. The summed E-state index contributed by atoms with van der Waals surface area (Å²) in [4.78, 5) is 14.4. The lowest BCUT2D eigenvalue weighted by atomic mass is 10.2. The lowest BCUT2D eigenvalue weighted by Crippen LogP contribution is -2.21. The number of rotatable bonds is 15. The quantitative estimate of drug-likeness (QED) is 0.162. The van der Waals surface area contributed by atoms with E-state index in [1.165, 1.54) is 0 Å². The van der Waals surface area contributed by atoms with Gasteiger partial charge >= 0.3 is 5.97 Å². The fraction of sp³-hybridized carbons (Fsp3) is 0.409. The fourth-order valence-electron chi connectivity index (χ4n) is 1.96. The van der Waals surface area contributed by atoms with Gasteiger partial charge in [-0.1, -0.05) is 79.8 Å². The van der Waals surface area contributed by atoms with Crippen LogP contribution in [0.3, 0.4) is 0 Å². The number of allylic oxidation sites excluding steroid dienone is 9. The zero-order chi connectivity index (χ0) is 20.2. The van der Waals surface area contributed by atoms with E-state index < -0.39 is 18.2 Å². The van der Waals surface area contributed by atoms with Crippen LogP contribution in [0.4, 0.5) is 0 Å². The topological polar surface area (TPSA) is 87.0 Å². The SMILES string of the molecule is CC/C=C\C[C@H](O)/C=C/C=C\C/C=C\C/C=C\C/C=C\CC(OO)C(=O)O. The van der Waals surface area contributed by atoms with Crippen LogP contribution in [0.5, 0.6) is 0 Å². The normalized spacial score (nSPS) is 15.4. The van der Waals surface area contributed by atoms with Gasteiger partial charge in [0.25, 0.3) is 0 Å². The molecule has 0 heterocycles. The molecule has 0 rings (SSSR count). The standard InChI is InChI=1S/C22H32O5/c1-2-3-14-17-20(23)18-15-12-10-8-6-4-5-7-9-11-13-16-19-21(27-26)22(24)25/h3-4,6-7,9-10,12-16,18,20-21,23,26H,2,5,8,11,17,19H2,1H3,(H,24,25)/b6-4-,9-7-,12-10-,14-3-,16-13-,18-15+/t20-,21?/m0/s1. The summed E-state index contributed by atoms with van der Waals surface area (Å²) in [5, 5.41) is 26.7. The van der Waals surface area contributed by atoms with Crippen LogP contribution in [-0.2, 0) is 9.68 Å². The largest absolute Gasteiger partial charge is 0.479 e. The first-order valence-corrected chi connectivity index (χ1v) is 9.26. The van der Waals surface area contributed by atoms with E-state index in [2.05, 4.69) is 24.0 Å².